The zero-order valence-corrected chi connectivity index (χ0v) is 21.2. The van der Waals surface area contributed by atoms with Gasteiger partial charge in [0.05, 0.1) is 10.0 Å². The lowest BCUT2D eigenvalue weighted by atomic mass is 10.0. The van der Waals surface area contributed by atoms with E-state index in [2.05, 4.69) is 36.8 Å². The van der Waals surface area contributed by atoms with Gasteiger partial charge in [-0.15, -0.1) is 0 Å². The van der Waals surface area contributed by atoms with E-state index in [1.807, 2.05) is 30.3 Å². The smallest absolute Gasteiger partial charge is 0.416 e. The molecular weight excluding hydrogens is 595 g/mol. The summed E-state index contributed by atoms with van der Waals surface area (Å²) in [5, 5.41) is 8.99. The highest BCUT2D eigenvalue weighted by molar-refractivity contribution is 9.11. The van der Waals surface area contributed by atoms with Crippen LogP contribution in [0, 0.1) is 6.92 Å². The van der Waals surface area contributed by atoms with Gasteiger partial charge >= 0.3 is 12.1 Å². The van der Waals surface area contributed by atoms with Gasteiger partial charge in [0, 0.05) is 21.2 Å². The quantitative estimate of drug-likeness (QED) is 0.239. The van der Waals surface area contributed by atoms with Gasteiger partial charge in [0.25, 0.3) is 0 Å². The van der Waals surface area contributed by atoms with Crippen molar-refractivity contribution < 1.29 is 32.2 Å². The fourth-order valence-electron chi connectivity index (χ4n) is 3.45. The zero-order chi connectivity index (χ0) is 25.3. The number of carboxylic acid groups (broad SMARTS) is 1. The molecule has 0 radical (unpaired) electrons. The number of hydrogen-bond donors (Lipinski definition) is 1. The molecule has 0 aliphatic carbocycles. The third kappa shape index (κ3) is 5.59. The van der Waals surface area contributed by atoms with E-state index < -0.39 is 24.3 Å². The van der Waals surface area contributed by atoms with Crippen molar-refractivity contribution in [1.29, 1.82) is 0 Å². The Bertz CT molecular complexity index is 1380. The number of alkyl halides is 3. The van der Waals surface area contributed by atoms with Crippen LogP contribution in [0.2, 0.25) is 0 Å². The molecule has 35 heavy (non-hydrogen) atoms. The van der Waals surface area contributed by atoms with E-state index in [1.54, 1.807) is 13.0 Å². The van der Waals surface area contributed by atoms with Crippen LogP contribution in [0.15, 0.2) is 74.0 Å². The predicted octanol–water partition coefficient (Wildman–Crippen LogP) is 7.99. The lowest BCUT2D eigenvalue weighted by molar-refractivity contribution is -0.139. The first kappa shape index (κ1) is 25.0. The van der Waals surface area contributed by atoms with Crippen molar-refractivity contribution in [2.75, 3.05) is 6.61 Å². The minimum absolute atomic E-state index is 0.218. The zero-order valence-electron chi connectivity index (χ0n) is 18.0. The fraction of sp³-hybridized carbons (Fsp3) is 0.120. The molecule has 0 saturated carbocycles. The first-order valence-electron chi connectivity index (χ1n) is 10.1. The molecule has 0 spiro atoms. The molecule has 10 heteroatoms. The van der Waals surface area contributed by atoms with Crippen molar-refractivity contribution in [2.45, 2.75) is 13.1 Å². The highest BCUT2D eigenvalue weighted by Gasteiger charge is 2.30. The van der Waals surface area contributed by atoms with Gasteiger partial charge in [0.15, 0.2) is 6.61 Å². The second-order valence-electron chi connectivity index (χ2n) is 7.52. The van der Waals surface area contributed by atoms with Gasteiger partial charge in [0.1, 0.15) is 17.2 Å². The maximum absolute atomic E-state index is 12.8. The Morgan fingerprint density at radius 2 is 1.60 bits per heavy atom. The van der Waals surface area contributed by atoms with Gasteiger partial charge < -0.3 is 14.3 Å². The summed E-state index contributed by atoms with van der Waals surface area (Å²) < 4.78 is 51.1. The highest BCUT2D eigenvalue weighted by atomic mass is 79.9. The Morgan fingerprint density at radius 3 is 2.20 bits per heavy atom. The summed E-state index contributed by atoms with van der Waals surface area (Å²) in [4.78, 5) is 15.5. The number of nitrogens with zero attached hydrogens (tertiary/aromatic N) is 1. The van der Waals surface area contributed by atoms with Crippen molar-refractivity contribution in [2.24, 2.45) is 0 Å². The molecule has 4 aromatic rings. The number of aliphatic carboxylic acids is 1. The minimum Gasteiger partial charge on any atom is -0.480 e. The molecule has 0 aliphatic heterocycles. The molecule has 5 nitrogen and oxygen atoms in total. The van der Waals surface area contributed by atoms with E-state index in [-0.39, 0.29) is 5.89 Å². The van der Waals surface area contributed by atoms with Crippen LogP contribution < -0.4 is 4.74 Å². The molecule has 1 aromatic heterocycles. The molecule has 3 aromatic carbocycles. The predicted molar refractivity (Wildman–Crippen MR) is 131 cm³/mol. The molecule has 0 saturated heterocycles. The van der Waals surface area contributed by atoms with E-state index in [0.29, 0.717) is 32.8 Å². The number of rotatable bonds is 6. The topological polar surface area (TPSA) is 72.6 Å². The van der Waals surface area contributed by atoms with Crippen LogP contribution in [0.5, 0.6) is 5.75 Å². The molecule has 0 unspecified atom stereocenters. The second kappa shape index (κ2) is 9.87. The molecule has 1 N–H and O–H groups in total. The third-order valence-electron chi connectivity index (χ3n) is 5.07. The number of halogens is 5. The van der Waals surface area contributed by atoms with Crippen molar-refractivity contribution in [3.05, 3.63) is 80.9 Å². The van der Waals surface area contributed by atoms with E-state index in [0.717, 1.165) is 27.7 Å². The van der Waals surface area contributed by atoms with Crippen molar-refractivity contribution >= 4 is 37.8 Å². The second-order valence-corrected chi connectivity index (χ2v) is 9.29. The number of ether oxygens (including phenoxy) is 1. The molecule has 0 aliphatic rings. The summed E-state index contributed by atoms with van der Waals surface area (Å²) >= 11 is 6.85. The SMILES string of the molecule is Cc1oc(-c2ccc(C(F)(F)F)cc2)nc1-c1ccc(-c2cc(Br)cc(Br)c2OCC(=O)O)cc1. The minimum atomic E-state index is -4.42. The Kier molecular flexibility index (Phi) is 7.05. The van der Waals surface area contributed by atoms with E-state index in [1.165, 1.54) is 12.1 Å². The molecule has 0 amide bonds. The van der Waals surface area contributed by atoms with E-state index in [9.17, 15) is 18.0 Å². The summed E-state index contributed by atoms with van der Waals surface area (Å²) in [5.41, 5.74) is 2.45. The normalized spacial score (nSPS) is 11.5. The maximum Gasteiger partial charge on any atom is 0.416 e. The summed E-state index contributed by atoms with van der Waals surface area (Å²) in [6.07, 6.45) is -4.42. The summed E-state index contributed by atoms with van der Waals surface area (Å²) in [5.74, 6) is 0.0379. The van der Waals surface area contributed by atoms with Gasteiger partial charge in [-0.25, -0.2) is 9.78 Å². The van der Waals surface area contributed by atoms with Crippen LogP contribution in [-0.2, 0) is 11.0 Å². The Labute approximate surface area is 214 Å². The van der Waals surface area contributed by atoms with Crippen LogP contribution in [0.25, 0.3) is 33.8 Å². The lowest BCUT2D eigenvalue weighted by Crippen LogP contribution is -2.10. The van der Waals surface area contributed by atoms with Crippen molar-refractivity contribution in [1.82, 2.24) is 4.98 Å². The lowest BCUT2D eigenvalue weighted by Gasteiger charge is -2.13. The molecule has 180 valence electrons. The standard InChI is InChI=1S/C25H16Br2F3NO4/c1-13-22(31-24(35-13)16-6-8-17(9-7-16)25(28,29)30)15-4-2-14(3-5-15)19-10-18(26)11-20(27)23(19)34-12-21(32)33/h2-11H,12H2,1H3,(H,32,33). The Balaban J connectivity index is 1.64. The van der Waals surface area contributed by atoms with Gasteiger partial charge in [-0.1, -0.05) is 40.2 Å². The average molecular weight is 611 g/mol. The monoisotopic (exact) mass is 609 g/mol. The van der Waals surface area contributed by atoms with Gasteiger partial charge in [-0.05, 0) is 64.8 Å². The third-order valence-corrected chi connectivity index (χ3v) is 6.12. The number of benzene rings is 3. The summed E-state index contributed by atoms with van der Waals surface area (Å²) in [6, 6.07) is 15.5. The average Bonchev–Trinajstić information content (AvgIpc) is 3.19. The molecule has 4 rings (SSSR count). The number of hydrogen-bond acceptors (Lipinski definition) is 4. The van der Waals surface area contributed by atoms with Crippen LogP contribution in [0.4, 0.5) is 13.2 Å². The highest BCUT2D eigenvalue weighted by Crippen LogP contribution is 2.40. The molecule has 0 fully saturated rings. The van der Waals surface area contributed by atoms with Crippen LogP contribution in [-0.4, -0.2) is 22.7 Å². The van der Waals surface area contributed by atoms with Crippen molar-refractivity contribution in [3.8, 4) is 39.6 Å². The molecule has 0 atom stereocenters. The Hall–Kier alpha value is -3.11. The largest absolute Gasteiger partial charge is 0.480 e. The maximum atomic E-state index is 12.8. The van der Waals surface area contributed by atoms with Gasteiger partial charge in [-0.2, -0.15) is 13.2 Å². The summed E-state index contributed by atoms with van der Waals surface area (Å²) in [7, 11) is 0. The molecule has 1 heterocycles. The van der Waals surface area contributed by atoms with Crippen LogP contribution >= 0.6 is 31.9 Å². The molecule has 0 bridgehead atoms. The van der Waals surface area contributed by atoms with Crippen LogP contribution in [0.3, 0.4) is 0 Å². The number of aromatic nitrogens is 1. The van der Waals surface area contributed by atoms with Gasteiger partial charge in [-0.3, -0.25) is 0 Å². The number of oxazole rings is 1. The number of carboxylic acids is 1. The van der Waals surface area contributed by atoms with E-state index >= 15 is 0 Å². The van der Waals surface area contributed by atoms with Crippen molar-refractivity contribution in [3.63, 3.8) is 0 Å². The van der Waals surface area contributed by atoms with E-state index in [4.69, 9.17) is 14.3 Å². The van der Waals surface area contributed by atoms with Crippen LogP contribution in [0.1, 0.15) is 11.3 Å². The number of carbonyl (C=O) groups is 1. The number of aryl methyl sites for hydroxylation is 1. The first-order valence-corrected chi connectivity index (χ1v) is 11.7. The van der Waals surface area contributed by atoms with Gasteiger partial charge in [0.2, 0.25) is 5.89 Å². The molecular formula is C25H16Br2F3NO4. The summed E-state index contributed by atoms with van der Waals surface area (Å²) in [6.45, 7) is 1.24. The first-order chi connectivity index (χ1) is 16.5. The Morgan fingerprint density at radius 1 is 1.00 bits per heavy atom. The fourth-order valence-corrected chi connectivity index (χ4v) is 4.79.